The molecular weight excluding hydrogens is 344 g/mol. The Labute approximate surface area is 159 Å². The maximum absolute atomic E-state index is 12.4. The molecule has 0 spiro atoms. The highest BCUT2D eigenvalue weighted by Crippen LogP contribution is 2.27. The summed E-state index contributed by atoms with van der Waals surface area (Å²) in [6.07, 6.45) is 0.464. The zero-order valence-corrected chi connectivity index (χ0v) is 15.4. The van der Waals surface area contributed by atoms with Crippen molar-refractivity contribution < 1.29 is 19.4 Å². The van der Waals surface area contributed by atoms with Gasteiger partial charge in [-0.1, -0.05) is 19.1 Å². The summed E-state index contributed by atoms with van der Waals surface area (Å²) in [5, 5.41) is 9.95. The van der Waals surface area contributed by atoms with Gasteiger partial charge in [0.1, 0.15) is 11.5 Å². The van der Waals surface area contributed by atoms with Gasteiger partial charge >= 0.3 is 0 Å². The van der Waals surface area contributed by atoms with Gasteiger partial charge in [-0.05, 0) is 36.4 Å². The molecule has 27 heavy (non-hydrogen) atoms. The van der Waals surface area contributed by atoms with E-state index in [2.05, 4.69) is 4.90 Å². The predicted octanol–water partition coefficient (Wildman–Crippen LogP) is 2.71. The molecule has 1 heterocycles. The second kappa shape index (κ2) is 8.58. The molecule has 6 nitrogen and oxygen atoms in total. The van der Waals surface area contributed by atoms with Crippen LogP contribution in [0.15, 0.2) is 48.5 Å². The van der Waals surface area contributed by atoms with E-state index in [1.165, 1.54) is 0 Å². The second-order valence-electron chi connectivity index (χ2n) is 6.45. The third-order valence-corrected chi connectivity index (χ3v) is 4.71. The molecule has 6 heteroatoms. The van der Waals surface area contributed by atoms with Crippen LogP contribution in [-0.2, 0) is 4.79 Å². The summed E-state index contributed by atoms with van der Waals surface area (Å²) in [7, 11) is 0. The minimum atomic E-state index is -0.0688. The van der Waals surface area contributed by atoms with Crippen LogP contribution in [0.1, 0.15) is 23.7 Å². The van der Waals surface area contributed by atoms with Crippen LogP contribution >= 0.6 is 0 Å². The number of rotatable bonds is 6. The molecule has 0 atom stereocenters. The maximum Gasteiger partial charge on any atom is 0.260 e. The van der Waals surface area contributed by atoms with Crippen LogP contribution < -0.4 is 9.64 Å². The van der Waals surface area contributed by atoms with Crippen LogP contribution in [-0.4, -0.2) is 54.5 Å². The SMILES string of the molecule is CCC(=O)c1ccc(OCC(=O)N2CCN(c3ccccc3O)CC2)cc1. The molecule has 0 aliphatic carbocycles. The highest BCUT2D eigenvalue weighted by Gasteiger charge is 2.22. The number of hydrogen-bond donors (Lipinski definition) is 1. The van der Waals surface area contributed by atoms with Gasteiger partial charge in [-0.15, -0.1) is 0 Å². The number of phenols is 1. The van der Waals surface area contributed by atoms with Crippen molar-refractivity contribution in [2.24, 2.45) is 0 Å². The Kier molecular flexibility index (Phi) is 5.96. The van der Waals surface area contributed by atoms with E-state index in [4.69, 9.17) is 4.74 Å². The lowest BCUT2D eigenvalue weighted by Crippen LogP contribution is -2.50. The van der Waals surface area contributed by atoms with E-state index in [9.17, 15) is 14.7 Å². The summed E-state index contributed by atoms with van der Waals surface area (Å²) in [5.74, 6) is 0.843. The van der Waals surface area contributed by atoms with Gasteiger partial charge in [0.2, 0.25) is 0 Å². The molecule has 0 aromatic heterocycles. The molecule has 1 N–H and O–H groups in total. The quantitative estimate of drug-likeness (QED) is 0.794. The zero-order valence-electron chi connectivity index (χ0n) is 15.4. The van der Waals surface area contributed by atoms with Gasteiger partial charge in [0.05, 0.1) is 5.69 Å². The van der Waals surface area contributed by atoms with Gasteiger partial charge in [0.25, 0.3) is 5.91 Å². The second-order valence-corrected chi connectivity index (χ2v) is 6.45. The fourth-order valence-corrected chi connectivity index (χ4v) is 3.11. The number of para-hydroxylation sites is 2. The predicted molar refractivity (Wildman–Crippen MR) is 103 cm³/mol. The Hall–Kier alpha value is -3.02. The number of benzene rings is 2. The maximum atomic E-state index is 12.4. The molecule has 2 aromatic rings. The Balaban J connectivity index is 1.48. The minimum Gasteiger partial charge on any atom is -0.506 e. The van der Waals surface area contributed by atoms with Crippen LogP contribution in [0.3, 0.4) is 0 Å². The molecule has 1 fully saturated rings. The van der Waals surface area contributed by atoms with Crippen molar-refractivity contribution >= 4 is 17.4 Å². The molecule has 1 aliphatic rings. The monoisotopic (exact) mass is 368 g/mol. The van der Waals surface area contributed by atoms with Gasteiger partial charge in [-0.2, -0.15) is 0 Å². The standard InChI is InChI=1S/C21H24N2O4/c1-2-19(24)16-7-9-17(10-8-16)27-15-21(26)23-13-11-22(12-14-23)18-5-3-4-6-20(18)25/h3-10,25H,2,11-15H2,1H3. The number of ketones is 1. The smallest absolute Gasteiger partial charge is 0.260 e. The number of aromatic hydroxyl groups is 1. The fraction of sp³-hybridized carbons (Fsp3) is 0.333. The fourth-order valence-electron chi connectivity index (χ4n) is 3.11. The molecule has 0 radical (unpaired) electrons. The van der Waals surface area contributed by atoms with E-state index < -0.39 is 0 Å². The van der Waals surface area contributed by atoms with Crippen molar-refractivity contribution in [1.82, 2.24) is 4.90 Å². The van der Waals surface area contributed by atoms with Crippen LogP contribution in [0.2, 0.25) is 0 Å². The Morgan fingerprint density at radius 2 is 1.67 bits per heavy atom. The van der Waals surface area contributed by atoms with Crippen LogP contribution in [0.25, 0.3) is 0 Å². The van der Waals surface area contributed by atoms with Gasteiger partial charge in [0, 0.05) is 38.2 Å². The number of phenolic OH excluding ortho intramolecular Hbond substituents is 1. The Morgan fingerprint density at radius 1 is 1.00 bits per heavy atom. The number of nitrogens with zero attached hydrogens (tertiary/aromatic N) is 2. The molecule has 2 aromatic carbocycles. The van der Waals surface area contributed by atoms with Crippen molar-refractivity contribution in [1.29, 1.82) is 0 Å². The van der Waals surface area contributed by atoms with Gasteiger partial charge < -0.3 is 19.6 Å². The molecule has 142 valence electrons. The number of hydrogen-bond acceptors (Lipinski definition) is 5. The van der Waals surface area contributed by atoms with Crippen LogP contribution in [0, 0.1) is 0 Å². The lowest BCUT2D eigenvalue weighted by atomic mass is 10.1. The van der Waals surface area contributed by atoms with Crippen molar-refractivity contribution in [2.75, 3.05) is 37.7 Å². The van der Waals surface area contributed by atoms with Crippen molar-refractivity contribution in [2.45, 2.75) is 13.3 Å². The van der Waals surface area contributed by atoms with E-state index >= 15 is 0 Å². The average molecular weight is 368 g/mol. The van der Waals surface area contributed by atoms with Gasteiger partial charge in [-0.25, -0.2) is 0 Å². The highest BCUT2D eigenvalue weighted by molar-refractivity contribution is 5.95. The summed E-state index contributed by atoms with van der Waals surface area (Å²) in [5.41, 5.74) is 1.44. The van der Waals surface area contributed by atoms with Crippen molar-refractivity contribution in [3.05, 3.63) is 54.1 Å². The van der Waals surface area contributed by atoms with E-state index in [0.29, 0.717) is 43.9 Å². The first-order valence-corrected chi connectivity index (χ1v) is 9.15. The van der Waals surface area contributed by atoms with Crippen LogP contribution in [0.5, 0.6) is 11.5 Å². The lowest BCUT2D eigenvalue weighted by Gasteiger charge is -2.36. The topological polar surface area (TPSA) is 70.1 Å². The van der Waals surface area contributed by atoms with E-state index in [1.54, 1.807) is 41.3 Å². The van der Waals surface area contributed by atoms with Crippen LogP contribution in [0.4, 0.5) is 5.69 Å². The van der Waals surface area contributed by atoms with E-state index in [0.717, 1.165) is 5.69 Å². The molecule has 1 aliphatic heterocycles. The first-order chi connectivity index (χ1) is 13.1. The average Bonchev–Trinajstić information content (AvgIpc) is 2.72. The Morgan fingerprint density at radius 3 is 2.30 bits per heavy atom. The number of carbonyl (C=O) groups excluding carboxylic acids is 2. The van der Waals surface area contributed by atoms with Gasteiger partial charge in [-0.3, -0.25) is 9.59 Å². The number of amides is 1. The first-order valence-electron chi connectivity index (χ1n) is 9.15. The first kappa shape index (κ1) is 18.8. The van der Waals surface area contributed by atoms with Crippen molar-refractivity contribution in [3.8, 4) is 11.5 Å². The number of anilines is 1. The Bertz CT molecular complexity index is 796. The third kappa shape index (κ3) is 4.58. The molecule has 0 bridgehead atoms. The normalized spacial score (nSPS) is 14.1. The molecule has 3 rings (SSSR count). The summed E-state index contributed by atoms with van der Waals surface area (Å²) in [4.78, 5) is 27.9. The lowest BCUT2D eigenvalue weighted by molar-refractivity contribution is -0.133. The minimum absolute atomic E-state index is 0.0301. The molecule has 0 unspecified atom stereocenters. The number of ether oxygens (including phenoxy) is 1. The van der Waals surface area contributed by atoms with E-state index in [1.807, 2.05) is 19.1 Å². The molecule has 1 amide bonds. The van der Waals surface area contributed by atoms with E-state index in [-0.39, 0.29) is 24.0 Å². The molecule has 0 saturated carbocycles. The molecule has 1 saturated heterocycles. The summed E-state index contributed by atoms with van der Waals surface area (Å²) < 4.78 is 5.56. The third-order valence-electron chi connectivity index (χ3n) is 4.71. The number of Topliss-reactive ketones (excluding diaryl/α,β-unsaturated/α-hetero) is 1. The largest absolute Gasteiger partial charge is 0.506 e. The van der Waals surface area contributed by atoms with Gasteiger partial charge in [0.15, 0.2) is 12.4 Å². The zero-order chi connectivity index (χ0) is 19.2. The number of piperazine rings is 1. The number of carbonyl (C=O) groups is 2. The van der Waals surface area contributed by atoms with Crippen molar-refractivity contribution in [3.63, 3.8) is 0 Å². The summed E-state index contributed by atoms with van der Waals surface area (Å²) in [6.45, 7) is 4.29. The summed E-state index contributed by atoms with van der Waals surface area (Å²) >= 11 is 0. The highest BCUT2D eigenvalue weighted by atomic mass is 16.5. The molecular formula is C21H24N2O4. The summed E-state index contributed by atoms with van der Waals surface area (Å²) in [6, 6.07) is 14.1.